The molecule has 1 aromatic heterocycles. The van der Waals surface area contributed by atoms with Crippen molar-refractivity contribution in [2.45, 2.75) is 71.1 Å². The zero-order chi connectivity index (χ0) is 26.8. The molecule has 1 saturated carbocycles. The van der Waals surface area contributed by atoms with Crippen molar-refractivity contribution in [2.75, 3.05) is 26.8 Å². The van der Waals surface area contributed by atoms with E-state index in [2.05, 4.69) is 43.3 Å². The van der Waals surface area contributed by atoms with E-state index in [4.69, 9.17) is 14.2 Å². The van der Waals surface area contributed by atoms with Crippen LogP contribution >= 0.6 is 0 Å². The maximum Gasteiger partial charge on any atom is 0.332 e. The standard InChI is InChI=1S/C32H44N2O4/c1-6-22-18-34-14-12-23(22)16-29(34)32(26-11-13-33-28-10-8-24(36-5)17-27(26)28)37-19-31(35)38-30-15-21(4)7-9-25(30)20(2)3/h6,8,10-11,13,17,20-23,25,29-30,32H,1,7,9,12,14-16,18-19H2,2-5H3/t21-,22-,23?,25+,29+,30+,32-/m0/s1. The Balaban J connectivity index is 1.39. The topological polar surface area (TPSA) is 60.9 Å². The van der Waals surface area contributed by atoms with Crippen molar-refractivity contribution in [2.24, 2.45) is 29.6 Å². The van der Waals surface area contributed by atoms with Crippen molar-refractivity contribution < 1.29 is 19.0 Å². The van der Waals surface area contributed by atoms with E-state index in [0.29, 0.717) is 29.6 Å². The van der Waals surface area contributed by atoms with Gasteiger partial charge in [0.25, 0.3) is 0 Å². The van der Waals surface area contributed by atoms with Crippen LogP contribution in [0.3, 0.4) is 0 Å². The number of ether oxygens (including phenoxy) is 3. The quantitative estimate of drug-likeness (QED) is 0.290. The van der Waals surface area contributed by atoms with Crippen molar-refractivity contribution in [3.05, 3.63) is 48.7 Å². The van der Waals surface area contributed by atoms with E-state index < -0.39 is 0 Å². The third-order valence-electron chi connectivity index (χ3n) is 9.42. The smallest absolute Gasteiger partial charge is 0.332 e. The van der Waals surface area contributed by atoms with Gasteiger partial charge in [0.1, 0.15) is 18.5 Å². The number of pyridine rings is 1. The number of rotatable bonds is 9. The molecule has 1 aliphatic carbocycles. The summed E-state index contributed by atoms with van der Waals surface area (Å²) in [6.45, 7) is 12.8. The Morgan fingerprint density at radius 3 is 2.76 bits per heavy atom. The molecule has 4 aliphatic rings. The molecule has 3 saturated heterocycles. The van der Waals surface area contributed by atoms with Crippen molar-refractivity contribution in [3.8, 4) is 5.75 Å². The van der Waals surface area contributed by atoms with Crippen LogP contribution in [0.25, 0.3) is 10.9 Å². The molecule has 6 nitrogen and oxygen atoms in total. The number of methoxy groups -OCH3 is 1. The fourth-order valence-electron chi connectivity index (χ4n) is 7.23. The Morgan fingerprint density at radius 1 is 1.21 bits per heavy atom. The molecule has 0 amide bonds. The molecule has 6 heteroatoms. The number of piperidine rings is 3. The summed E-state index contributed by atoms with van der Waals surface area (Å²) < 4.78 is 18.2. The van der Waals surface area contributed by atoms with Crippen molar-refractivity contribution in [1.82, 2.24) is 9.88 Å². The Morgan fingerprint density at radius 2 is 2.05 bits per heavy atom. The molecule has 8 atom stereocenters. The largest absolute Gasteiger partial charge is 0.497 e. The summed E-state index contributed by atoms with van der Waals surface area (Å²) >= 11 is 0. The summed E-state index contributed by atoms with van der Waals surface area (Å²) in [7, 11) is 1.68. The van der Waals surface area contributed by atoms with Crippen molar-refractivity contribution in [1.29, 1.82) is 0 Å². The molecule has 206 valence electrons. The van der Waals surface area contributed by atoms with E-state index in [1.165, 1.54) is 12.8 Å². The molecule has 0 spiro atoms. The maximum atomic E-state index is 13.2. The monoisotopic (exact) mass is 520 g/mol. The Labute approximate surface area is 227 Å². The first-order chi connectivity index (χ1) is 18.4. The minimum Gasteiger partial charge on any atom is -0.497 e. The van der Waals surface area contributed by atoms with Crippen LogP contribution in [-0.2, 0) is 14.3 Å². The van der Waals surface area contributed by atoms with Gasteiger partial charge in [-0.25, -0.2) is 4.79 Å². The number of carbonyl (C=O) groups is 1. The second-order valence-corrected chi connectivity index (χ2v) is 12.1. The first-order valence-corrected chi connectivity index (χ1v) is 14.5. The minimum absolute atomic E-state index is 0.0258. The van der Waals surface area contributed by atoms with Gasteiger partial charge in [-0.15, -0.1) is 6.58 Å². The van der Waals surface area contributed by atoms with Gasteiger partial charge in [-0.05, 0) is 91.6 Å². The van der Waals surface area contributed by atoms with Crippen molar-refractivity contribution >= 4 is 16.9 Å². The van der Waals surface area contributed by atoms with Crippen LogP contribution in [0.1, 0.15) is 64.5 Å². The van der Waals surface area contributed by atoms with Gasteiger partial charge in [0.2, 0.25) is 0 Å². The lowest BCUT2D eigenvalue weighted by molar-refractivity contribution is -0.166. The highest BCUT2D eigenvalue weighted by atomic mass is 16.6. The van der Waals surface area contributed by atoms with E-state index in [1.807, 2.05) is 30.5 Å². The molecular formula is C32H44N2O4. The maximum absolute atomic E-state index is 13.2. The van der Waals surface area contributed by atoms with E-state index in [9.17, 15) is 4.79 Å². The average Bonchev–Trinajstić information content (AvgIpc) is 2.93. The van der Waals surface area contributed by atoms with E-state index >= 15 is 0 Å². The fourth-order valence-corrected chi connectivity index (χ4v) is 7.23. The first-order valence-electron chi connectivity index (χ1n) is 14.5. The third kappa shape index (κ3) is 5.62. The Kier molecular flexibility index (Phi) is 8.39. The molecule has 2 aromatic rings. The molecule has 2 unspecified atom stereocenters. The van der Waals surface area contributed by atoms with E-state index in [1.54, 1.807) is 7.11 Å². The number of esters is 1. The van der Waals surface area contributed by atoms with Crippen LogP contribution in [0.2, 0.25) is 0 Å². The molecular weight excluding hydrogens is 476 g/mol. The number of hydrogen-bond acceptors (Lipinski definition) is 6. The second kappa shape index (κ2) is 11.7. The molecule has 0 N–H and O–H groups in total. The zero-order valence-corrected chi connectivity index (χ0v) is 23.5. The molecule has 4 heterocycles. The normalized spacial score (nSPS) is 31.8. The van der Waals surface area contributed by atoms with Crippen LogP contribution < -0.4 is 4.74 Å². The number of carbonyl (C=O) groups excluding carboxylic acids is 1. The van der Waals surface area contributed by atoms with Crippen LogP contribution in [0.5, 0.6) is 5.75 Å². The van der Waals surface area contributed by atoms with Gasteiger partial charge in [0, 0.05) is 24.2 Å². The lowest BCUT2D eigenvalue weighted by Gasteiger charge is -2.51. The lowest BCUT2D eigenvalue weighted by atomic mass is 9.73. The summed E-state index contributed by atoms with van der Waals surface area (Å²) in [4.78, 5) is 20.3. The highest BCUT2D eigenvalue weighted by Gasteiger charge is 2.43. The summed E-state index contributed by atoms with van der Waals surface area (Å²) in [6, 6.07) is 8.19. The highest BCUT2D eigenvalue weighted by Crippen LogP contribution is 2.44. The average molecular weight is 521 g/mol. The number of fused-ring (bicyclic) bond motifs is 4. The summed E-state index contributed by atoms with van der Waals surface area (Å²) in [5, 5.41) is 1.01. The molecule has 3 aliphatic heterocycles. The number of hydrogen-bond donors (Lipinski definition) is 0. The minimum atomic E-state index is -0.264. The predicted octanol–water partition coefficient (Wildman–Crippen LogP) is 6.20. The van der Waals surface area contributed by atoms with Crippen molar-refractivity contribution in [3.63, 3.8) is 0 Å². The highest BCUT2D eigenvalue weighted by molar-refractivity contribution is 5.84. The number of nitrogens with zero attached hydrogens (tertiary/aromatic N) is 2. The van der Waals surface area contributed by atoms with Gasteiger partial charge < -0.3 is 14.2 Å². The van der Waals surface area contributed by atoms with Crippen LogP contribution in [-0.4, -0.2) is 54.8 Å². The van der Waals surface area contributed by atoms with Gasteiger partial charge in [-0.3, -0.25) is 9.88 Å². The van der Waals surface area contributed by atoms with Gasteiger partial charge in [0.15, 0.2) is 0 Å². The number of benzene rings is 1. The molecule has 38 heavy (non-hydrogen) atoms. The predicted molar refractivity (Wildman–Crippen MR) is 150 cm³/mol. The molecule has 2 bridgehead atoms. The number of aromatic nitrogens is 1. The lowest BCUT2D eigenvalue weighted by Crippen LogP contribution is -2.55. The molecule has 4 fully saturated rings. The van der Waals surface area contributed by atoms with Gasteiger partial charge in [-0.1, -0.05) is 33.3 Å². The summed E-state index contributed by atoms with van der Waals surface area (Å²) in [5.41, 5.74) is 1.95. The van der Waals surface area contributed by atoms with Gasteiger partial charge >= 0.3 is 5.97 Å². The second-order valence-electron chi connectivity index (χ2n) is 12.1. The Bertz CT molecular complexity index is 1130. The van der Waals surface area contributed by atoms with E-state index in [-0.39, 0.29) is 30.8 Å². The van der Waals surface area contributed by atoms with Gasteiger partial charge in [-0.2, -0.15) is 0 Å². The van der Waals surface area contributed by atoms with Crippen LogP contribution in [0.4, 0.5) is 0 Å². The fraction of sp³-hybridized carbons (Fsp3) is 0.625. The summed E-state index contributed by atoms with van der Waals surface area (Å²) in [6.07, 6.45) is 9.15. The van der Waals surface area contributed by atoms with Crippen LogP contribution in [0, 0.1) is 29.6 Å². The molecule has 1 aromatic carbocycles. The molecule has 6 rings (SSSR count). The summed E-state index contributed by atoms with van der Waals surface area (Å²) in [5.74, 6) is 3.14. The Hall–Kier alpha value is -2.44. The van der Waals surface area contributed by atoms with E-state index in [0.717, 1.165) is 54.6 Å². The third-order valence-corrected chi connectivity index (χ3v) is 9.42. The molecule has 0 radical (unpaired) electrons. The van der Waals surface area contributed by atoms with Crippen LogP contribution in [0.15, 0.2) is 43.1 Å². The first kappa shape index (κ1) is 27.1. The van der Waals surface area contributed by atoms with Gasteiger partial charge in [0.05, 0.1) is 18.7 Å². The SMILES string of the molecule is C=C[C@H]1CN2CCC1C[C@@H]2[C@@H](OCC(=O)O[C@@H]1C[C@@H](C)CC[C@@H]1C(C)C)c1ccnc2ccc(OC)cc12. The zero-order valence-electron chi connectivity index (χ0n) is 23.5.